The maximum absolute atomic E-state index is 6.89. The van der Waals surface area contributed by atoms with Crippen LogP contribution in [-0.2, 0) is 0 Å². The van der Waals surface area contributed by atoms with Crippen LogP contribution < -0.4 is 0 Å². The molecule has 0 spiro atoms. The molecule has 120 valence electrons. The van der Waals surface area contributed by atoms with E-state index in [1.54, 1.807) is 0 Å². The molecule has 0 radical (unpaired) electrons. The molecule has 0 nitrogen and oxygen atoms in total. The summed E-state index contributed by atoms with van der Waals surface area (Å²) in [5.41, 5.74) is 3.31. The van der Waals surface area contributed by atoms with Crippen LogP contribution in [0.15, 0.2) is 53.6 Å². The first-order valence-electron chi connectivity index (χ1n) is 8.06. The first-order valence-corrected chi connectivity index (χ1v) is 9.20. The van der Waals surface area contributed by atoms with Gasteiger partial charge in [0.05, 0.1) is 0 Å². The molecule has 1 saturated carbocycles. The Balaban J connectivity index is 2.08. The molecule has 0 unspecified atom stereocenters. The van der Waals surface area contributed by atoms with Crippen LogP contribution in [0.4, 0.5) is 0 Å². The molecule has 1 fully saturated rings. The highest BCUT2D eigenvalue weighted by molar-refractivity contribution is 6.34. The van der Waals surface area contributed by atoms with Gasteiger partial charge in [-0.25, -0.2) is 0 Å². The van der Waals surface area contributed by atoms with Gasteiger partial charge in [-0.3, -0.25) is 0 Å². The van der Waals surface area contributed by atoms with E-state index < -0.39 is 0 Å². The van der Waals surface area contributed by atoms with Gasteiger partial charge in [0.2, 0.25) is 0 Å². The number of rotatable bonds is 3. The monoisotopic (exact) mass is 364 g/mol. The summed E-state index contributed by atoms with van der Waals surface area (Å²) in [7, 11) is 0. The van der Waals surface area contributed by atoms with Crippen molar-refractivity contribution in [2.75, 3.05) is 0 Å². The lowest BCUT2D eigenvalue weighted by atomic mass is 9.85. The zero-order valence-electron chi connectivity index (χ0n) is 12.9. The van der Waals surface area contributed by atoms with Crippen molar-refractivity contribution in [2.24, 2.45) is 5.92 Å². The molecule has 0 aliphatic heterocycles. The SMILES string of the molecule is ClC(=C(c1ccc(Cl)cc1)c1ccc(Cl)cc1)C1CCCCC1. The lowest BCUT2D eigenvalue weighted by Gasteiger charge is -2.24. The smallest absolute Gasteiger partial charge is 0.0406 e. The van der Waals surface area contributed by atoms with Gasteiger partial charge in [0.1, 0.15) is 0 Å². The summed E-state index contributed by atoms with van der Waals surface area (Å²) in [4.78, 5) is 0. The van der Waals surface area contributed by atoms with Gasteiger partial charge in [0.15, 0.2) is 0 Å². The van der Waals surface area contributed by atoms with E-state index in [1.807, 2.05) is 48.5 Å². The van der Waals surface area contributed by atoms with Crippen molar-refractivity contribution in [3.63, 3.8) is 0 Å². The third kappa shape index (κ3) is 4.12. The molecule has 0 amide bonds. The summed E-state index contributed by atoms with van der Waals surface area (Å²) < 4.78 is 0. The van der Waals surface area contributed by atoms with Crippen molar-refractivity contribution in [3.8, 4) is 0 Å². The highest BCUT2D eigenvalue weighted by Crippen LogP contribution is 2.39. The molecule has 3 heteroatoms. The maximum atomic E-state index is 6.89. The van der Waals surface area contributed by atoms with E-state index in [1.165, 1.54) is 32.1 Å². The van der Waals surface area contributed by atoms with Crippen molar-refractivity contribution in [1.29, 1.82) is 0 Å². The van der Waals surface area contributed by atoms with Crippen LogP contribution in [0.2, 0.25) is 10.0 Å². The zero-order valence-corrected chi connectivity index (χ0v) is 15.1. The summed E-state index contributed by atoms with van der Waals surface area (Å²) >= 11 is 19.0. The molecular formula is C20H19Cl3. The Morgan fingerprint density at radius 3 is 1.57 bits per heavy atom. The minimum atomic E-state index is 0.451. The Morgan fingerprint density at radius 1 is 0.696 bits per heavy atom. The molecule has 23 heavy (non-hydrogen) atoms. The van der Waals surface area contributed by atoms with Gasteiger partial charge in [0.25, 0.3) is 0 Å². The van der Waals surface area contributed by atoms with E-state index in [9.17, 15) is 0 Å². The molecule has 3 rings (SSSR count). The number of hydrogen-bond acceptors (Lipinski definition) is 0. The maximum Gasteiger partial charge on any atom is 0.0406 e. The van der Waals surface area contributed by atoms with Crippen LogP contribution in [0.5, 0.6) is 0 Å². The Labute approximate surface area is 153 Å². The van der Waals surface area contributed by atoms with Gasteiger partial charge in [-0.05, 0) is 54.2 Å². The van der Waals surface area contributed by atoms with Crippen LogP contribution >= 0.6 is 34.8 Å². The molecule has 2 aromatic rings. The summed E-state index contributed by atoms with van der Waals surface area (Å²) in [6.45, 7) is 0. The van der Waals surface area contributed by atoms with Crippen LogP contribution in [0, 0.1) is 5.92 Å². The van der Waals surface area contributed by atoms with E-state index in [-0.39, 0.29) is 0 Å². The van der Waals surface area contributed by atoms with E-state index in [2.05, 4.69) is 0 Å². The van der Waals surface area contributed by atoms with Gasteiger partial charge in [-0.15, -0.1) is 0 Å². The predicted molar refractivity (Wildman–Crippen MR) is 101 cm³/mol. The second kappa shape index (κ2) is 7.75. The largest absolute Gasteiger partial charge is 0.0881 e. The average Bonchev–Trinajstić information content (AvgIpc) is 2.59. The minimum absolute atomic E-state index is 0.451. The van der Waals surface area contributed by atoms with Crippen molar-refractivity contribution in [3.05, 3.63) is 74.7 Å². The summed E-state index contributed by atoms with van der Waals surface area (Å²) in [5.74, 6) is 0.451. The quantitative estimate of drug-likeness (QED) is 0.526. The van der Waals surface area contributed by atoms with E-state index >= 15 is 0 Å². The molecule has 0 atom stereocenters. The number of benzene rings is 2. The van der Waals surface area contributed by atoms with Crippen molar-refractivity contribution in [2.45, 2.75) is 32.1 Å². The van der Waals surface area contributed by atoms with Crippen LogP contribution in [0.1, 0.15) is 43.2 Å². The van der Waals surface area contributed by atoms with Crippen LogP contribution in [0.3, 0.4) is 0 Å². The topological polar surface area (TPSA) is 0 Å². The van der Waals surface area contributed by atoms with Gasteiger partial charge in [0, 0.05) is 20.7 Å². The van der Waals surface area contributed by atoms with Crippen LogP contribution in [-0.4, -0.2) is 0 Å². The van der Waals surface area contributed by atoms with Gasteiger partial charge < -0.3 is 0 Å². The van der Waals surface area contributed by atoms with Gasteiger partial charge in [-0.1, -0.05) is 78.3 Å². The molecule has 1 aliphatic carbocycles. The van der Waals surface area contributed by atoms with E-state index in [0.717, 1.165) is 31.8 Å². The molecular weight excluding hydrogens is 347 g/mol. The second-order valence-corrected chi connectivity index (χ2v) is 7.35. The molecule has 1 aliphatic rings. The fourth-order valence-corrected chi connectivity index (χ4v) is 3.92. The van der Waals surface area contributed by atoms with E-state index in [0.29, 0.717) is 5.92 Å². The lowest BCUT2D eigenvalue weighted by molar-refractivity contribution is 0.414. The Bertz CT molecular complexity index is 630. The standard InChI is InChI=1S/C20H19Cl3/c21-17-10-6-14(7-11-17)19(15-8-12-18(22)13-9-15)20(23)16-4-2-1-3-5-16/h6-13,16H,1-5H2. The summed E-state index contributed by atoms with van der Waals surface area (Å²) in [6.07, 6.45) is 6.18. The molecule has 0 saturated heterocycles. The third-order valence-electron chi connectivity index (χ3n) is 4.47. The number of allylic oxidation sites excluding steroid dienone is 1. The number of hydrogen-bond donors (Lipinski definition) is 0. The van der Waals surface area contributed by atoms with Crippen molar-refractivity contribution < 1.29 is 0 Å². The van der Waals surface area contributed by atoms with Gasteiger partial charge in [-0.2, -0.15) is 0 Å². The summed E-state index contributed by atoms with van der Waals surface area (Å²) in [6, 6.07) is 15.8. The van der Waals surface area contributed by atoms with Crippen LogP contribution in [0.25, 0.3) is 5.57 Å². The first kappa shape index (κ1) is 16.9. The lowest BCUT2D eigenvalue weighted by Crippen LogP contribution is -2.08. The molecule has 0 heterocycles. The minimum Gasteiger partial charge on any atom is -0.0881 e. The normalized spacial score (nSPS) is 15.4. The Kier molecular flexibility index (Phi) is 5.69. The van der Waals surface area contributed by atoms with E-state index in [4.69, 9.17) is 34.8 Å². The fourth-order valence-electron chi connectivity index (χ4n) is 3.24. The molecule has 0 aromatic heterocycles. The number of halogens is 3. The molecule has 0 N–H and O–H groups in total. The highest BCUT2D eigenvalue weighted by Gasteiger charge is 2.21. The van der Waals surface area contributed by atoms with Gasteiger partial charge >= 0.3 is 0 Å². The molecule has 0 bridgehead atoms. The Morgan fingerprint density at radius 2 is 1.13 bits per heavy atom. The highest BCUT2D eigenvalue weighted by atomic mass is 35.5. The molecule has 2 aromatic carbocycles. The third-order valence-corrected chi connectivity index (χ3v) is 5.47. The average molecular weight is 366 g/mol. The summed E-state index contributed by atoms with van der Waals surface area (Å²) in [5, 5.41) is 2.44. The van der Waals surface area contributed by atoms with Crippen molar-refractivity contribution in [1.82, 2.24) is 0 Å². The predicted octanol–water partition coefficient (Wildman–Crippen LogP) is 7.57. The Hall–Kier alpha value is -0.950. The second-order valence-electron chi connectivity index (χ2n) is 6.07. The van der Waals surface area contributed by atoms with Crippen molar-refractivity contribution >= 4 is 40.4 Å². The zero-order chi connectivity index (χ0) is 16.2. The first-order chi connectivity index (χ1) is 11.1. The fraction of sp³-hybridized carbons (Fsp3) is 0.300.